The summed E-state index contributed by atoms with van der Waals surface area (Å²) < 4.78 is 20.3. The fourth-order valence-electron chi connectivity index (χ4n) is 5.51. The van der Waals surface area contributed by atoms with E-state index in [0.29, 0.717) is 30.6 Å². The first-order valence-electron chi connectivity index (χ1n) is 14.7. The molecule has 0 bridgehead atoms. The van der Waals surface area contributed by atoms with E-state index in [1.807, 2.05) is 53.4 Å². The second-order valence-corrected chi connectivity index (χ2v) is 17.8. The van der Waals surface area contributed by atoms with Gasteiger partial charge in [0.05, 0.1) is 23.3 Å². The second-order valence-electron chi connectivity index (χ2n) is 12.2. The van der Waals surface area contributed by atoms with Crippen LogP contribution in [0.25, 0.3) is 33.9 Å². The molecule has 4 heterocycles. The Kier molecular flexibility index (Phi) is 8.14. The third-order valence-electron chi connectivity index (χ3n) is 7.81. The van der Waals surface area contributed by atoms with E-state index >= 15 is 0 Å². The molecular formula is C33H37N5O4Si. The number of aromatic nitrogens is 4. The van der Waals surface area contributed by atoms with Gasteiger partial charge in [-0.15, -0.1) is 0 Å². The first kappa shape index (κ1) is 28.8. The molecule has 3 aromatic heterocycles. The Morgan fingerprint density at radius 2 is 1.95 bits per heavy atom. The molecule has 0 radical (unpaired) electrons. The summed E-state index contributed by atoms with van der Waals surface area (Å²) in [5.74, 6) is 2.84. The van der Waals surface area contributed by atoms with Gasteiger partial charge in [0.25, 0.3) is 0 Å². The van der Waals surface area contributed by atoms with E-state index in [1.165, 1.54) is 6.39 Å². The van der Waals surface area contributed by atoms with Crippen LogP contribution in [0.2, 0.25) is 25.7 Å². The highest BCUT2D eigenvalue weighted by atomic mass is 28.3. The first-order chi connectivity index (χ1) is 20.8. The first-order valence-corrected chi connectivity index (χ1v) is 18.4. The lowest BCUT2D eigenvalue weighted by Crippen LogP contribution is -2.28. The summed E-state index contributed by atoms with van der Waals surface area (Å²) in [7, 11) is -1.24. The minimum absolute atomic E-state index is 0.0577. The molecule has 1 aliphatic rings. The maximum Gasteiger partial charge on any atom is 0.219 e. The van der Waals surface area contributed by atoms with Crippen LogP contribution >= 0.6 is 0 Å². The van der Waals surface area contributed by atoms with E-state index in [0.717, 1.165) is 59.1 Å². The summed E-state index contributed by atoms with van der Waals surface area (Å²) in [6.07, 6.45) is 6.67. The van der Waals surface area contributed by atoms with Crippen molar-refractivity contribution in [2.45, 2.75) is 58.2 Å². The lowest BCUT2D eigenvalue weighted by Gasteiger charge is -2.26. The highest BCUT2D eigenvalue weighted by molar-refractivity contribution is 6.76. The van der Waals surface area contributed by atoms with Crippen molar-refractivity contribution in [3.05, 3.63) is 78.9 Å². The summed E-state index contributed by atoms with van der Waals surface area (Å²) in [5, 5.41) is 0. The molecule has 9 nitrogen and oxygen atoms in total. The topological polar surface area (TPSA) is 95.5 Å². The fraction of sp³-hybridized carbons (Fsp3) is 0.333. The number of nitrogens with zero attached hydrogens (tertiary/aromatic N) is 5. The van der Waals surface area contributed by atoms with Gasteiger partial charge in [-0.2, -0.15) is 0 Å². The van der Waals surface area contributed by atoms with Crippen molar-refractivity contribution in [2.75, 3.05) is 13.2 Å². The standard InChI is InChI=1S/C33H37N5O4Si/c1-23(39)37-15-7-9-29(37)26-18-30-28(19-31(26)42-25-12-10-24(11-13-25)32-20-34-21-41-32)36-33(27-8-5-6-14-35-27)38(30)22-40-16-17-43(2,3)4/h5-6,8,10-14,18-21,29H,7,9,15-17,22H2,1-4H3. The van der Waals surface area contributed by atoms with Gasteiger partial charge in [0.2, 0.25) is 5.91 Å². The SMILES string of the molecule is CC(=O)N1CCCC1c1cc2c(cc1Oc1ccc(-c3cnco3)cc1)nc(-c1ccccn1)n2COCC[Si](C)(C)C. The molecule has 1 aliphatic heterocycles. The highest BCUT2D eigenvalue weighted by Crippen LogP contribution is 2.42. The van der Waals surface area contributed by atoms with Gasteiger partial charge in [-0.05, 0) is 61.4 Å². The highest BCUT2D eigenvalue weighted by Gasteiger charge is 2.31. The Labute approximate surface area is 252 Å². The second kappa shape index (κ2) is 12.1. The van der Waals surface area contributed by atoms with Crippen molar-refractivity contribution >= 4 is 25.0 Å². The third-order valence-corrected chi connectivity index (χ3v) is 9.51. The minimum Gasteiger partial charge on any atom is -0.457 e. The van der Waals surface area contributed by atoms with E-state index in [9.17, 15) is 4.79 Å². The lowest BCUT2D eigenvalue weighted by atomic mass is 10.0. The van der Waals surface area contributed by atoms with Gasteiger partial charge in [-0.25, -0.2) is 9.97 Å². The summed E-state index contributed by atoms with van der Waals surface area (Å²) in [4.78, 5) is 28.2. The Hall–Kier alpha value is -4.28. The zero-order valence-corrected chi connectivity index (χ0v) is 26.1. The number of carbonyl (C=O) groups excluding carboxylic acids is 1. The third kappa shape index (κ3) is 6.40. The molecule has 1 unspecified atom stereocenters. The molecule has 2 aromatic carbocycles. The maximum absolute atomic E-state index is 12.7. The normalized spacial score (nSPS) is 15.3. The van der Waals surface area contributed by atoms with Gasteiger partial charge in [0, 0.05) is 51.5 Å². The van der Waals surface area contributed by atoms with E-state index < -0.39 is 8.07 Å². The molecule has 10 heteroatoms. The predicted octanol–water partition coefficient (Wildman–Crippen LogP) is 7.54. The minimum atomic E-state index is -1.24. The molecular weight excluding hydrogens is 558 g/mol. The van der Waals surface area contributed by atoms with Gasteiger partial charge in [0.1, 0.15) is 23.9 Å². The molecule has 0 N–H and O–H groups in total. The number of imidazole rings is 1. The molecule has 6 rings (SSSR count). The quantitative estimate of drug-likeness (QED) is 0.122. The molecule has 222 valence electrons. The number of pyridine rings is 1. The number of rotatable bonds is 10. The number of oxazole rings is 1. The molecule has 1 saturated heterocycles. The van der Waals surface area contributed by atoms with E-state index in [-0.39, 0.29) is 11.9 Å². The van der Waals surface area contributed by atoms with Crippen LogP contribution < -0.4 is 4.74 Å². The molecule has 43 heavy (non-hydrogen) atoms. The largest absolute Gasteiger partial charge is 0.457 e. The molecule has 1 atom stereocenters. The number of fused-ring (bicyclic) bond motifs is 1. The van der Waals surface area contributed by atoms with Crippen LogP contribution in [0.3, 0.4) is 0 Å². The average molecular weight is 596 g/mol. The van der Waals surface area contributed by atoms with Crippen LogP contribution in [-0.4, -0.2) is 51.6 Å². The van der Waals surface area contributed by atoms with Crippen molar-refractivity contribution in [1.82, 2.24) is 24.4 Å². The fourth-order valence-corrected chi connectivity index (χ4v) is 6.27. The Morgan fingerprint density at radius 1 is 1.12 bits per heavy atom. The van der Waals surface area contributed by atoms with Gasteiger partial charge in [-0.1, -0.05) is 25.7 Å². The van der Waals surface area contributed by atoms with Crippen molar-refractivity contribution in [2.24, 2.45) is 0 Å². The zero-order valence-electron chi connectivity index (χ0n) is 25.1. The molecule has 0 spiro atoms. The van der Waals surface area contributed by atoms with E-state index in [4.69, 9.17) is 18.9 Å². The number of hydrogen-bond acceptors (Lipinski definition) is 7. The van der Waals surface area contributed by atoms with E-state index in [1.54, 1.807) is 19.3 Å². The number of ether oxygens (including phenoxy) is 2. The maximum atomic E-state index is 12.7. The predicted molar refractivity (Wildman–Crippen MR) is 168 cm³/mol. The van der Waals surface area contributed by atoms with Crippen molar-refractivity contribution < 1.29 is 18.7 Å². The Balaban J connectivity index is 1.42. The van der Waals surface area contributed by atoms with Crippen LogP contribution in [-0.2, 0) is 16.3 Å². The van der Waals surface area contributed by atoms with Crippen LogP contribution in [0.5, 0.6) is 11.5 Å². The van der Waals surface area contributed by atoms with Gasteiger partial charge in [0.15, 0.2) is 18.0 Å². The Bertz CT molecular complexity index is 1700. The number of benzene rings is 2. The summed E-state index contributed by atoms with van der Waals surface area (Å²) in [6, 6.07) is 18.6. The Morgan fingerprint density at radius 3 is 2.65 bits per heavy atom. The number of amides is 1. The van der Waals surface area contributed by atoms with Gasteiger partial charge >= 0.3 is 0 Å². The van der Waals surface area contributed by atoms with Crippen molar-refractivity contribution in [1.29, 1.82) is 0 Å². The summed E-state index contributed by atoms with van der Waals surface area (Å²) in [6.45, 7) is 10.4. The lowest BCUT2D eigenvalue weighted by molar-refractivity contribution is -0.129. The molecule has 1 amide bonds. The molecule has 1 fully saturated rings. The van der Waals surface area contributed by atoms with Gasteiger partial charge < -0.3 is 18.8 Å². The number of hydrogen-bond donors (Lipinski definition) is 0. The van der Waals surface area contributed by atoms with Crippen LogP contribution in [0.1, 0.15) is 31.4 Å². The van der Waals surface area contributed by atoms with Crippen molar-refractivity contribution in [3.63, 3.8) is 0 Å². The van der Waals surface area contributed by atoms with Gasteiger partial charge in [-0.3, -0.25) is 14.3 Å². The molecule has 5 aromatic rings. The monoisotopic (exact) mass is 595 g/mol. The summed E-state index contributed by atoms with van der Waals surface area (Å²) >= 11 is 0. The van der Waals surface area contributed by atoms with Crippen LogP contribution in [0, 0.1) is 0 Å². The zero-order chi connectivity index (χ0) is 30.0. The molecule has 0 aliphatic carbocycles. The smallest absolute Gasteiger partial charge is 0.219 e. The molecule has 0 saturated carbocycles. The number of carbonyl (C=O) groups is 1. The number of likely N-dealkylation sites (tertiary alicyclic amines) is 1. The van der Waals surface area contributed by atoms with Crippen LogP contribution in [0.15, 0.2) is 77.8 Å². The van der Waals surface area contributed by atoms with E-state index in [2.05, 4.69) is 40.2 Å². The van der Waals surface area contributed by atoms with Crippen LogP contribution in [0.4, 0.5) is 0 Å². The summed E-state index contributed by atoms with van der Waals surface area (Å²) in [5.41, 5.74) is 4.33. The average Bonchev–Trinajstić information content (AvgIpc) is 3.76. The van der Waals surface area contributed by atoms with Crippen molar-refractivity contribution in [3.8, 4) is 34.3 Å².